The van der Waals surface area contributed by atoms with Gasteiger partial charge in [-0.3, -0.25) is 4.79 Å². The van der Waals surface area contributed by atoms with Crippen LogP contribution >= 0.6 is 0 Å². The van der Waals surface area contributed by atoms with Gasteiger partial charge in [-0.1, -0.05) is 13.8 Å². The topological polar surface area (TPSA) is 52.6 Å². The monoisotopic (exact) mass is 230 g/mol. The second-order valence-electron chi connectivity index (χ2n) is 5.26. The van der Waals surface area contributed by atoms with Gasteiger partial charge in [0.15, 0.2) is 6.10 Å². The molecule has 0 aliphatic rings. The van der Waals surface area contributed by atoms with Crippen LogP contribution in [-0.2, 0) is 19.1 Å². The summed E-state index contributed by atoms with van der Waals surface area (Å²) in [5, 5.41) is 0. The maximum Gasteiger partial charge on any atom is 0.347 e. The fourth-order valence-corrected chi connectivity index (χ4v) is 1.19. The van der Waals surface area contributed by atoms with E-state index >= 15 is 0 Å². The summed E-state index contributed by atoms with van der Waals surface area (Å²) < 4.78 is 10.1. The maximum atomic E-state index is 11.7. The van der Waals surface area contributed by atoms with Crippen LogP contribution in [0, 0.1) is 5.92 Å². The first-order chi connectivity index (χ1) is 7.11. The molecule has 0 aliphatic heterocycles. The van der Waals surface area contributed by atoms with Crippen molar-refractivity contribution in [2.24, 2.45) is 5.92 Å². The Morgan fingerprint density at radius 3 is 2.00 bits per heavy atom. The summed E-state index contributed by atoms with van der Waals surface area (Å²) in [7, 11) is 0. The predicted molar refractivity (Wildman–Crippen MR) is 60.9 cm³/mol. The third-order valence-corrected chi connectivity index (χ3v) is 1.66. The molecule has 0 rings (SSSR count). The molecule has 0 bridgehead atoms. The van der Waals surface area contributed by atoms with Gasteiger partial charge in [-0.05, 0) is 33.1 Å². The third kappa shape index (κ3) is 7.26. The van der Waals surface area contributed by atoms with Crippen LogP contribution in [0.1, 0.15) is 48.0 Å². The van der Waals surface area contributed by atoms with E-state index in [0.29, 0.717) is 6.42 Å². The summed E-state index contributed by atoms with van der Waals surface area (Å²) in [6.07, 6.45) is -0.314. The van der Waals surface area contributed by atoms with Crippen molar-refractivity contribution < 1.29 is 19.1 Å². The molecular weight excluding hydrogens is 208 g/mol. The van der Waals surface area contributed by atoms with Crippen molar-refractivity contribution in [3.05, 3.63) is 0 Å². The minimum Gasteiger partial charge on any atom is -0.457 e. The van der Waals surface area contributed by atoms with Gasteiger partial charge in [0.1, 0.15) is 5.60 Å². The summed E-state index contributed by atoms with van der Waals surface area (Å²) in [6, 6.07) is 0. The van der Waals surface area contributed by atoms with Crippen molar-refractivity contribution in [1.29, 1.82) is 0 Å². The maximum absolute atomic E-state index is 11.7. The average molecular weight is 230 g/mol. The van der Waals surface area contributed by atoms with Gasteiger partial charge in [-0.25, -0.2) is 4.79 Å². The number of ether oxygens (including phenoxy) is 2. The molecule has 16 heavy (non-hydrogen) atoms. The van der Waals surface area contributed by atoms with E-state index in [2.05, 4.69) is 0 Å². The molecule has 0 N–H and O–H groups in total. The molecule has 0 aromatic heterocycles. The standard InChI is InChI=1S/C12H22O4/c1-8(2)7-10(15-9(3)13)11(14)16-12(4,5)6/h8,10H,7H2,1-6H3/t10-/m0/s1. The van der Waals surface area contributed by atoms with E-state index in [0.717, 1.165) is 0 Å². The number of carbonyl (C=O) groups excluding carboxylic acids is 2. The van der Waals surface area contributed by atoms with Gasteiger partial charge >= 0.3 is 11.9 Å². The van der Waals surface area contributed by atoms with E-state index in [-0.39, 0.29) is 5.92 Å². The molecule has 0 amide bonds. The van der Waals surface area contributed by atoms with Crippen molar-refractivity contribution >= 4 is 11.9 Å². The molecule has 0 unspecified atom stereocenters. The van der Waals surface area contributed by atoms with Crippen LogP contribution in [0.3, 0.4) is 0 Å². The minimum atomic E-state index is -0.795. The smallest absolute Gasteiger partial charge is 0.347 e. The van der Waals surface area contributed by atoms with Crippen LogP contribution in [0.15, 0.2) is 0 Å². The zero-order valence-electron chi connectivity index (χ0n) is 11.0. The van der Waals surface area contributed by atoms with Crippen LogP contribution in [0.5, 0.6) is 0 Å². The van der Waals surface area contributed by atoms with Gasteiger partial charge in [-0.2, -0.15) is 0 Å². The third-order valence-electron chi connectivity index (χ3n) is 1.66. The lowest BCUT2D eigenvalue weighted by Gasteiger charge is -2.24. The lowest BCUT2D eigenvalue weighted by atomic mass is 10.1. The highest BCUT2D eigenvalue weighted by atomic mass is 16.6. The van der Waals surface area contributed by atoms with Gasteiger partial charge in [0.2, 0.25) is 0 Å². The van der Waals surface area contributed by atoms with E-state index in [1.54, 1.807) is 20.8 Å². The highest BCUT2D eigenvalue weighted by Crippen LogP contribution is 2.15. The normalized spacial score (nSPS) is 13.4. The summed E-state index contributed by atoms with van der Waals surface area (Å²) in [5.74, 6) is -0.676. The lowest BCUT2D eigenvalue weighted by molar-refractivity contribution is -0.175. The highest BCUT2D eigenvalue weighted by molar-refractivity contribution is 5.78. The number of carbonyl (C=O) groups is 2. The van der Waals surface area contributed by atoms with Crippen molar-refractivity contribution in [3.8, 4) is 0 Å². The molecule has 94 valence electrons. The Bertz CT molecular complexity index is 250. The Labute approximate surface area is 97.3 Å². The first kappa shape index (κ1) is 14.9. The molecule has 0 heterocycles. The van der Waals surface area contributed by atoms with E-state index in [1.807, 2.05) is 13.8 Å². The molecule has 4 heteroatoms. The zero-order chi connectivity index (χ0) is 12.9. The van der Waals surface area contributed by atoms with Gasteiger partial charge in [0.05, 0.1) is 0 Å². The van der Waals surface area contributed by atoms with E-state index in [4.69, 9.17) is 9.47 Å². The second-order valence-corrected chi connectivity index (χ2v) is 5.26. The Morgan fingerprint density at radius 2 is 1.69 bits per heavy atom. The van der Waals surface area contributed by atoms with Gasteiger partial charge in [-0.15, -0.1) is 0 Å². The lowest BCUT2D eigenvalue weighted by Crippen LogP contribution is -2.35. The fourth-order valence-electron chi connectivity index (χ4n) is 1.19. The molecule has 0 saturated heterocycles. The summed E-state index contributed by atoms with van der Waals surface area (Å²) >= 11 is 0. The van der Waals surface area contributed by atoms with Crippen molar-refractivity contribution in [1.82, 2.24) is 0 Å². The van der Waals surface area contributed by atoms with Crippen LogP contribution < -0.4 is 0 Å². The number of rotatable bonds is 4. The second kappa shape index (κ2) is 5.87. The molecule has 0 spiro atoms. The highest BCUT2D eigenvalue weighted by Gasteiger charge is 2.28. The quantitative estimate of drug-likeness (QED) is 0.695. The first-order valence-corrected chi connectivity index (χ1v) is 5.52. The van der Waals surface area contributed by atoms with Crippen molar-refractivity contribution in [3.63, 3.8) is 0 Å². The minimum absolute atomic E-state index is 0.261. The van der Waals surface area contributed by atoms with E-state index < -0.39 is 23.6 Å². The zero-order valence-corrected chi connectivity index (χ0v) is 11.0. The van der Waals surface area contributed by atoms with E-state index in [9.17, 15) is 9.59 Å². The number of hydrogen-bond donors (Lipinski definition) is 0. The van der Waals surface area contributed by atoms with Crippen LogP contribution in [0.4, 0.5) is 0 Å². The molecule has 0 radical (unpaired) electrons. The Kier molecular flexibility index (Phi) is 5.48. The Balaban J connectivity index is 4.49. The van der Waals surface area contributed by atoms with Crippen LogP contribution in [0.25, 0.3) is 0 Å². The molecule has 0 aromatic carbocycles. The first-order valence-electron chi connectivity index (χ1n) is 5.52. The largest absolute Gasteiger partial charge is 0.457 e. The molecule has 1 atom stereocenters. The Hall–Kier alpha value is -1.06. The predicted octanol–water partition coefficient (Wildman–Crippen LogP) is 2.31. The van der Waals surface area contributed by atoms with Crippen LogP contribution in [0.2, 0.25) is 0 Å². The van der Waals surface area contributed by atoms with Crippen LogP contribution in [-0.4, -0.2) is 23.6 Å². The summed E-state index contributed by atoms with van der Waals surface area (Å²) in [4.78, 5) is 22.6. The molecule has 0 saturated carbocycles. The molecule has 0 aromatic rings. The molecule has 4 nitrogen and oxygen atoms in total. The summed E-state index contributed by atoms with van der Waals surface area (Å²) in [5.41, 5.74) is -0.563. The van der Waals surface area contributed by atoms with Crippen molar-refractivity contribution in [2.75, 3.05) is 0 Å². The van der Waals surface area contributed by atoms with Crippen molar-refractivity contribution in [2.45, 2.75) is 59.7 Å². The van der Waals surface area contributed by atoms with Gasteiger partial charge in [0, 0.05) is 6.92 Å². The van der Waals surface area contributed by atoms with Gasteiger partial charge in [0.25, 0.3) is 0 Å². The number of esters is 2. The number of hydrogen-bond acceptors (Lipinski definition) is 4. The summed E-state index contributed by atoms with van der Waals surface area (Å²) in [6.45, 7) is 10.6. The molecular formula is C12H22O4. The van der Waals surface area contributed by atoms with E-state index in [1.165, 1.54) is 6.92 Å². The Morgan fingerprint density at radius 1 is 1.19 bits per heavy atom. The molecule has 0 fully saturated rings. The average Bonchev–Trinajstić information content (AvgIpc) is 1.97. The van der Waals surface area contributed by atoms with Gasteiger partial charge < -0.3 is 9.47 Å². The molecule has 0 aliphatic carbocycles. The fraction of sp³-hybridized carbons (Fsp3) is 0.833. The SMILES string of the molecule is CC(=O)O[C@@H](CC(C)C)C(=O)OC(C)(C)C.